The van der Waals surface area contributed by atoms with Crippen LogP contribution in [0.1, 0.15) is 34.0 Å². The van der Waals surface area contributed by atoms with Crippen molar-refractivity contribution in [3.8, 4) is 0 Å². The highest BCUT2D eigenvalue weighted by Crippen LogP contribution is 2.11. The van der Waals surface area contributed by atoms with E-state index in [1.807, 2.05) is 19.1 Å². The van der Waals surface area contributed by atoms with Crippen LogP contribution in [-0.2, 0) is 0 Å². The minimum absolute atomic E-state index is 0.252. The molecule has 2 rings (SSSR count). The molecule has 3 N–H and O–H groups in total. The quantitative estimate of drug-likeness (QED) is 0.516. The summed E-state index contributed by atoms with van der Waals surface area (Å²) in [7, 11) is 0. The van der Waals surface area contributed by atoms with Crippen molar-refractivity contribution in [2.45, 2.75) is 20.8 Å². The fraction of sp³-hybridized carbons (Fsp3) is 0.176. The van der Waals surface area contributed by atoms with Gasteiger partial charge in [-0.15, -0.1) is 0 Å². The summed E-state index contributed by atoms with van der Waals surface area (Å²) < 4.78 is 0. The molecule has 4 heteroatoms. The van der Waals surface area contributed by atoms with E-state index in [-0.39, 0.29) is 5.91 Å². The molecule has 0 unspecified atom stereocenters. The second-order valence-electron chi connectivity index (χ2n) is 5.06. The van der Waals surface area contributed by atoms with Crippen LogP contribution in [0.5, 0.6) is 0 Å². The van der Waals surface area contributed by atoms with Crippen LogP contribution >= 0.6 is 0 Å². The Kier molecular flexibility index (Phi) is 4.38. The van der Waals surface area contributed by atoms with Gasteiger partial charge >= 0.3 is 0 Å². The van der Waals surface area contributed by atoms with E-state index < -0.39 is 0 Å². The minimum Gasteiger partial charge on any atom is -0.399 e. The topological polar surface area (TPSA) is 67.5 Å². The van der Waals surface area contributed by atoms with Gasteiger partial charge in [-0.05, 0) is 67.8 Å². The number of nitrogens with zero attached hydrogens (tertiary/aromatic N) is 1. The first kappa shape index (κ1) is 14.8. The number of aryl methyl sites for hydroxylation is 2. The van der Waals surface area contributed by atoms with Crippen LogP contribution in [0.15, 0.2) is 47.6 Å². The highest BCUT2D eigenvalue weighted by atomic mass is 16.2. The van der Waals surface area contributed by atoms with Gasteiger partial charge < -0.3 is 5.73 Å². The van der Waals surface area contributed by atoms with Gasteiger partial charge in [0, 0.05) is 11.3 Å². The third-order valence-corrected chi connectivity index (χ3v) is 3.42. The van der Waals surface area contributed by atoms with Gasteiger partial charge in [0.05, 0.1) is 5.71 Å². The van der Waals surface area contributed by atoms with Gasteiger partial charge in [-0.3, -0.25) is 4.79 Å². The highest BCUT2D eigenvalue weighted by molar-refractivity contribution is 6.01. The molecule has 21 heavy (non-hydrogen) atoms. The molecule has 1 amide bonds. The Morgan fingerprint density at radius 2 is 1.62 bits per heavy atom. The molecule has 0 fully saturated rings. The van der Waals surface area contributed by atoms with Crippen molar-refractivity contribution in [2.24, 2.45) is 5.10 Å². The van der Waals surface area contributed by atoms with Crippen molar-refractivity contribution < 1.29 is 4.79 Å². The van der Waals surface area contributed by atoms with E-state index in [1.54, 1.807) is 24.3 Å². The number of hydrogen-bond acceptors (Lipinski definition) is 3. The van der Waals surface area contributed by atoms with Crippen molar-refractivity contribution in [3.63, 3.8) is 0 Å². The SMILES string of the molecule is C/C(=N/NC(=O)c1ccc(N)cc1)c1ccc(C)c(C)c1. The molecule has 108 valence electrons. The van der Waals surface area contributed by atoms with Crippen molar-refractivity contribution in [2.75, 3.05) is 5.73 Å². The number of carbonyl (C=O) groups excluding carboxylic acids is 1. The number of nitrogens with two attached hydrogens (primary N) is 1. The maximum atomic E-state index is 12.0. The van der Waals surface area contributed by atoms with Gasteiger partial charge in [0.2, 0.25) is 0 Å². The lowest BCUT2D eigenvalue weighted by molar-refractivity contribution is 0.0955. The first-order chi connectivity index (χ1) is 9.97. The Morgan fingerprint density at radius 1 is 1.00 bits per heavy atom. The number of nitrogen functional groups attached to an aromatic ring is 1. The number of hydrogen-bond donors (Lipinski definition) is 2. The normalized spacial score (nSPS) is 11.3. The van der Waals surface area contributed by atoms with E-state index in [4.69, 9.17) is 5.73 Å². The Balaban J connectivity index is 2.10. The number of rotatable bonds is 3. The molecule has 0 aromatic heterocycles. The molecular formula is C17H19N3O. The van der Waals surface area contributed by atoms with Crippen molar-refractivity contribution >= 4 is 17.3 Å². The van der Waals surface area contributed by atoms with Gasteiger partial charge in [0.1, 0.15) is 0 Å². The smallest absolute Gasteiger partial charge is 0.271 e. The lowest BCUT2D eigenvalue weighted by Gasteiger charge is -2.06. The molecule has 0 radical (unpaired) electrons. The summed E-state index contributed by atoms with van der Waals surface area (Å²) in [4.78, 5) is 12.0. The maximum absolute atomic E-state index is 12.0. The van der Waals surface area contributed by atoms with Crippen molar-refractivity contribution in [1.29, 1.82) is 0 Å². The van der Waals surface area contributed by atoms with Crippen LogP contribution in [0.4, 0.5) is 5.69 Å². The molecule has 0 bridgehead atoms. The molecule has 0 saturated heterocycles. The van der Waals surface area contributed by atoms with Gasteiger partial charge in [0.25, 0.3) is 5.91 Å². The fourth-order valence-electron chi connectivity index (χ4n) is 1.86. The second-order valence-corrected chi connectivity index (χ2v) is 5.06. The van der Waals surface area contributed by atoms with E-state index in [2.05, 4.69) is 30.4 Å². The average Bonchev–Trinajstić information content (AvgIpc) is 2.48. The summed E-state index contributed by atoms with van der Waals surface area (Å²) in [6, 6.07) is 12.8. The minimum atomic E-state index is -0.252. The van der Waals surface area contributed by atoms with Crippen molar-refractivity contribution in [3.05, 3.63) is 64.7 Å². The molecule has 0 spiro atoms. The van der Waals surface area contributed by atoms with Crippen molar-refractivity contribution in [1.82, 2.24) is 5.43 Å². The van der Waals surface area contributed by atoms with Crippen LogP contribution in [0.25, 0.3) is 0 Å². The summed E-state index contributed by atoms with van der Waals surface area (Å²) in [6.07, 6.45) is 0. The Morgan fingerprint density at radius 3 is 2.24 bits per heavy atom. The van der Waals surface area contributed by atoms with Crippen LogP contribution in [0, 0.1) is 13.8 Å². The number of nitrogens with one attached hydrogen (secondary N) is 1. The number of amides is 1. The first-order valence-corrected chi connectivity index (χ1v) is 6.75. The molecular weight excluding hydrogens is 262 g/mol. The number of hydrazone groups is 1. The standard InChI is InChI=1S/C17H19N3O/c1-11-4-5-15(10-12(11)2)13(3)19-20-17(21)14-6-8-16(18)9-7-14/h4-10H,18H2,1-3H3,(H,20,21)/b19-13-. The zero-order chi connectivity index (χ0) is 15.4. The Hall–Kier alpha value is -2.62. The molecule has 0 aliphatic heterocycles. The monoisotopic (exact) mass is 281 g/mol. The fourth-order valence-corrected chi connectivity index (χ4v) is 1.86. The van der Waals surface area contributed by atoms with Gasteiger partial charge in [-0.2, -0.15) is 5.10 Å². The highest BCUT2D eigenvalue weighted by Gasteiger charge is 2.05. The first-order valence-electron chi connectivity index (χ1n) is 6.75. The van der Waals surface area contributed by atoms with E-state index >= 15 is 0 Å². The van der Waals surface area contributed by atoms with E-state index in [0.717, 1.165) is 11.3 Å². The molecule has 0 atom stereocenters. The van der Waals surface area contributed by atoms with Gasteiger partial charge in [0.15, 0.2) is 0 Å². The van der Waals surface area contributed by atoms with Crippen LogP contribution < -0.4 is 11.2 Å². The number of carbonyl (C=O) groups is 1. The number of anilines is 1. The molecule has 4 nitrogen and oxygen atoms in total. The van der Waals surface area contributed by atoms with Crippen LogP contribution in [-0.4, -0.2) is 11.6 Å². The summed E-state index contributed by atoms with van der Waals surface area (Å²) in [5, 5.41) is 4.15. The largest absolute Gasteiger partial charge is 0.399 e. The van der Waals surface area contributed by atoms with E-state index in [1.165, 1.54) is 11.1 Å². The third-order valence-electron chi connectivity index (χ3n) is 3.42. The Bertz CT molecular complexity index is 688. The molecule has 0 saturated carbocycles. The predicted molar refractivity (Wildman–Crippen MR) is 86.4 cm³/mol. The van der Waals surface area contributed by atoms with E-state index in [9.17, 15) is 4.79 Å². The lowest BCUT2D eigenvalue weighted by Crippen LogP contribution is -2.19. The summed E-state index contributed by atoms with van der Waals surface area (Å²) in [5.74, 6) is -0.252. The van der Waals surface area contributed by atoms with Gasteiger partial charge in [-0.25, -0.2) is 5.43 Å². The zero-order valence-corrected chi connectivity index (χ0v) is 12.5. The Labute approximate surface area is 124 Å². The van der Waals surface area contributed by atoms with Gasteiger partial charge in [-0.1, -0.05) is 12.1 Å². The average molecular weight is 281 g/mol. The summed E-state index contributed by atoms with van der Waals surface area (Å²) in [5.41, 5.74) is 13.5. The second kappa shape index (κ2) is 6.22. The predicted octanol–water partition coefficient (Wildman–Crippen LogP) is 3.04. The summed E-state index contributed by atoms with van der Waals surface area (Å²) in [6.45, 7) is 5.99. The van der Waals surface area contributed by atoms with E-state index in [0.29, 0.717) is 11.3 Å². The molecule has 2 aromatic rings. The lowest BCUT2D eigenvalue weighted by atomic mass is 10.0. The molecule has 0 aliphatic carbocycles. The van der Waals surface area contributed by atoms with Crippen LogP contribution in [0.3, 0.4) is 0 Å². The zero-order valence-electron chi connectivity index (χ0n) is 12.5. The summed E-state index contributed by atoms with van der Waals surface area (Å²) >= 11 is 0. The molecule has 0 aliphatic rings. The van der Waals surface area contributed by atoms with Crippen LogP contribution in [0.2, 0.25) is 0 Å². The molecule has 2 aromatic carbocycles. The maximum Gasteiger partial charge on any atom is 0.271 e. The number of benzene rings is 2. The third kappa shape index (κ3) is 3.69. The molecule has 0 heterocycles.